The largest absolute Gasteiger partial charge is 0.355 e. The maximum atomic E-state index is 11.7. The second-order valence-corrected chi connectivity index (χ2v) is 6.59. The minimum atomic E-state index is -3.10. The van der Waals surface area contributed by atoms with Crippen molar-refractivity contribution in [2.24, 2.45) is 0 Å². The second-order valence-electron chi connectivity index (χ2n) is 4.33. The van der Waals surface area contributed by atoms with E-state index in [1.165, 1.54) is 6.07 Å². The average molecular weight is 294 g/mol. The molecular formula is C13H14N2O4S. The van der Waals surface area contributed by atoms with Gasteiger partial charge in [-0.1, -0.05) is 35.5 Å². The number of benzene rings is 1. The van der Waals surface area contributed by atoms with Gasteiger partial charge in [0.15, 0.2) is 11.5 Å². The van der Waals surface area contributed by atoms with E-state index in [0.29, 0.717) is 5.76 Å². The van der Waals surface area contributed by atoms with Crippen molar-refractivity contribution in [1.29, 1.82) is 0 Å². The van der Waals surface area contributed by atoms with Crippen LogP contribution in [0.15, 0.2) is 40.9 Å². The van der Waals surface area contributed by atoms with E-state index in [0.717, 1.165) is 11.8 Å². The summed E-state index contributed by atoms with van der Waals surface area (Å²) in [6.45, 7) is 0.0468. The van der Waals surface area contributed by atoms with Crippen molar-refractivity contribution in [3.63, 3.8) is 0 Å². The van der Waals surface area contributed by atoms with E-state index in [1.807, 2.05) is 30.3 Å². The average Bonchev–Trinajstić information content (AvgIpc) is 2.88. The molecular weight excluding hydrogens is 280 g/mol. The lowest BCUT2D eigenvalue weighted by atomic mass is 10.1. The van der Waals surface area contributed by atoms with Crippen molar-refractivity contribution in [1.82, 2.24) is 10.5 Å². The van der Waals surface area contributed by atoms with E-state index >= 15 is 0 Å². The predicted molar refractivity (Wildman–Crippen MR) is 74.0 cm³/mol. The number of carbonyl (C=O) groups is 1. The fourth-order valence-electron chi connectivity index (χ4n) is 1.56. The Morgan fingerprint density at radius 3 is 2.65 bits per heavy atom. The fraction of sp³-hybridized carbons (Fsp3) is 0.231. The number of hydrogen-bond donors (Lipinski definition) is 1. The van der Waals surface area contributed by atoms with E-state index in [4.69, 9.17) is 4.52 Å². The van der Waals surface area contributed by atoms with Crippen LogP contribution in [0.2, 0.25) is 0 Å². The maximum Gasteiger partial charge on any atom is 0.273 e. The molecule has 0 fully saturated rings. The quantitative estimate of drug-likeness (QED) is 0.892. The third kappa shape index (κ3) is 3.92. The van der Waals surface area contributed by atoms with Gasteiger partial charge in [-0.2, -0.15) is 0 Å². The monoisotopic (exact) mass is 294 g/mol. The first-order valence-electron chi connectivity index (χ1n) is 5.94. The Morgan fingerprint density at radius 2 is 2.00 bits per heavy atom. The Labute approximate surface area is 116 Å². The van der Waals surface area contributed by atoms with Crippen molar-refractivity contribution in [2.75, 3.05) is 18.6 Å². The van der Waals surface area contributed by atoms with Gasteiger partial charge < -0.3 is 9.84 Å². The van der Waals surface area contributed by atoms with Crippen LogP contribution in [0.25, 0.3) is 11.3 Å². The summed E-state index contributed by atoms with van der Waals surface area (Å²) in [6, 6.07) is 10.8. The third-order valence-corrected chi connectivity index (χ3v) is 3.51. The highest BCUT2D eigenvalue weighted by Gasteiger charge is 2.13. The number of rotatable bonds is 5. The van der Waals surface area contributed by atoms with E-state index < -0.39 is 15.7 Å². The molecule has 2 rings (SSSR count). The van der Waals surface area contributed by atoms with Crippen LogP contribution in [-0.2, 0) is 9.84 Å². The van der Waals surface area contributed by atoms with Gasteiger partial charge in [0.1, 0.15) is 9.84 Å². The first-order chi connectivity index (χ1) is 9.46. The minimum Gasteiger partial charge on any atom is -0.355 e. The van der Waals surface area contributed by atoms with Crippen LogP contribution in [0, 0.1) is 0 Å². The van der Waals surface area contributed by atoms with Gasteiger partial charge in [0.2, 0.25) is 0 Å². The van der Waals surface area contributed by atoms with Gasteiger partial charge in [0.05, 0.1) is 5.75 Å². The van der Waals surface area contributed by atoms with Crippen molar-refractivity contribution in [3.8, 4) is 11.3 Å². The fourth-order valence-corrected chi connectivity index (χ4v) is 2.03. The zero-order valence-electron chi connectivity index (χ0n) is 10.9. The Bertz CT molecular complexity index is 692. The minimum absolute atomic E-state index is 0.0468. The lowest BCUT2D eigenvalue weighted by Gasteiger charge is -2.00. The van der Waals surface area contributed by atoms with E-state index in [1.54, 1.807) is 0 Å². The van der Waals surface area contributed by atoms with E-state index in [9.17, 15) is 13.2 Å². The molecule has 0 aliphatic heterocycles. The molecule has 0 aliphatic rings. The molecule has 106 valence electrons. The molecule has 0 aliphatic carbocycles. The van der Waals surface area contributed by atoms with Crippen LogP contribution < -0.4 is 5.32 Å². The Morgan fingerprint density at radius 1 is 1.30 bits per heavy atom. The van der Waals surface area contributed by atoms with E-state index in [-0.39, 0.29) is 18.0 Å². The van der Waals surface area contributed by atoms with Gasteiger partial charge in [0, 0.05) is 24.4 Å². The summed E-state index contributed by atoms with van der Waals surface area (Å²) >= 11 is 0. The molecule has 1 amide bonds. The van der Waals surface area contributed by atoms with Gasteiger partial charge in [-0.05, 0) is 0 Å². The second kappa shape index (κ2) is 5.87. The van der Waals surface area contributed by atoms with Crippen molar-refractivity contribution < 1.29 is 17.7 Å². The van der Waals surface area contributed by atoms with Crippen LogP contribution in [-0.4, -0.2) is 38.0 Å². The number of sulfone groups is 1. The number of hydrogen-bond acceptors (Lipinski definition) is 5. The predicted octanol–water partition coefficient (Wildman–Crippen LogP) is 1.12. The molecule has 6 nitrogen and oxygen atoms in total. The number of aromatic nitrogens is 1. The molecule has 0 atom stereocenters. The summed E-state index contributed by atoms with van der Waals surface area (Å²) in [5.41, 5.74) is 0.938. The van der Waals surface area contributed by atoms with Crippen LogP contribution in [0.4, 0.5) is 0 Å². The van der Waals surface area contributed by atoms with Crippen LogP contribution in [0.3, 0.4) is 0 Å². The number of amides is 1. The van der Waals surface area contributed by atoms with Gasteiger partial charge in [-0.3, -0.25) is 4.79 Å². The highest BCUT2D eigenvalue weighted by atomic mass is 32.2. The molecule has 0 bridgehead atoms. The highest BCUT2D eigenvalue weighted by Crippen LogP contribution is 2.19. The summed E-state index contributed by atoms with van der Waals surface area (Å²) in [5, 5.41) is 6.15. The van der Waals surface area contributed by atoms with Crippen LogP contribution >= 0.6 is 0 Å². The number of nitrogens with zero attached hydrogens (tertiary/aromatic N) is 1. The number of nitrogens with one attached hydrogen (secondary N) is 1. The molecule has 0 saturated carbocycles. The summed E-state index contributed by atoms with van der Waals surface area (Å²) < 4.78 is 27.0. The van der Waals surface area contributed by atoms with Crippen molar-refractivity contribution >= 4 is 15.7 Å². The topological polar surface area (TPSA) is 89.3 Å². The maximum absolute atomic E-state index is 11.7. The molecule has 20 heavy (non-hydrogen) atoms. The Balaban J connectivity index is 2.00. The summed E-state index contributed by atoms with van der Waals surface area (Å²) in [4.78, 5) is 11.7. The highest BCUT2D eigenvalue weighted by molar-refractivity contribution is 7.90. The lowest BCUT2D eigenvalue weighted by molar-refractivity contribution is 0.0947. The zero-order valence-corrected chi connectivity index (χ0v) is 11.7. The Hall–Kier alpha value is -2.15. The summed E-state index contributed by atoms with van der Waals surface area (Å²) in [6.07, 6.45) is 1.11. The smallest absolute Gasteiger partial charge is 0.273 e. The van der Waals surface area contributed by atoms with Crippen LogP contribution in [0.5, 0.6) is 0 Å². The lowest BCUT2D eigenvalue weighted by Crippen LogP contribution is -2.28. The molecule has 0 unspecified atom stereocenters. The molecule has 0 radical (unpaired) electrons. The standard InChI is InChI=1S/C13H14N2O4S/c1-20(17,18)8-7-14-13(16)11-9-12(19-15-11)10-5-3-2-4-6-10/h2-6,9H,7-8H2,1H3,(H,14,16). The van der Waals surface area contributed by atoms with Gasteiger partial charge in [-0.25, -0.2) is 8.42 Å². The zero-order chi connectivity index (χ0) is 14.6. The third-order valence-electron chi connectivity index (χ3n) is 2.56. The normalized spacial score (nSPS) is 11.2. The molecule has 0 saturated heterocycles. The summed E-state index contributed by atoms with van der Waals surface area (Å²) in [5.74, 6) is -0.0827. The summed E-state index contributed by atoms with van der Waals surface area (Å²) in [7, 11) is -3.10. The van der Waals surface area contributed by atoms with E-state index in [2.05, 4.69) is 10.5 Å². The number of carbonyl (C=O) groups excluding carboxylic acids is 1. The molecule has 0 spiro atoms. The Kier molecular flexibility index (Phi) is 4.19. The first-order valence-corrected chi connectivity index (χ1v) is 8.00. The molecule has 2 aromatic rings. The van der Waals surface area contributed by atoms with Gasteiger partial charge in [0.25, 0.3) is 5.91 Å². The van der Waals surface area contributed by atoms with Gasteiger partial charge >= 0.3 is 0 Å². The van der Waals surface area contributed by atoms with Crippen LogP contribution in [0.1, 0.15) is 10.5 Å². The molecule has 1 aromatic carbocycles. The molecule has 1 heterocycles. The molecule has 1 aromatic heterocycles. The van der Waals surface area contributed by atoms with Crippen molar-refractivity contribution in [3.05, 3.63) is 42.1 Å². The van der Waals surface area contributed by atoms with Gasteiger partial charge in [-0.15, -0.1) is 0 Å². The molecule has 7 heteroatoms. The SMILES string of the molecule is CS(=O)(=O)CCNC(=O)c1cc(-c2ccccc2)on1. The molecule has 1 N–H and O–H groups in total. The van der Waals surface area contributed by atoms with Crippen molar-refractivity contribution in [2.45, 2.75) is 0 Å². The first kappa shape index (κ1) is 14.3.